The Balaban J connectivity index is 1.86. The summed E-state index contributed by atoms with van der Waals surface area (Å²) in [5.74, 6) is -0.371. The van der Waals surface area contributed by atoms with Crippen LogP contribution in [0, 0.1) is 5.82 Å². The van der Waals surface area contributed by atoms with Crippen molar-refractivity contribution >= 4 is 17.0 Å². The highest BCUT2D eigenvalue weighted by Crippen LogP contribution is 2.29. The van der Waals surface area contributed by atoms with Crippen molar-refractivity contribution in [2.75, 3.05) is 6.54 Å². The first-order valence-corrected chi connectivity index (χ1v) is 9.46. The molecule has 0 bridgehead atoms. The molecule has 1 heterocycles. The summed E-state index contributed by atoms with van der Waals surface area (Å²) in [5.41, 5.74) is 1.70. The van der Waals surface area contributed by atoms with E-state index in [0.29, 0.717) is 10.9 Å². The molecule has 2 aromatic carbocycles. The Kier molecular flexibility index (Phi) is 6.20. The molecule has 3 aromatic rings. The molecule has 0 fully saturated rings. The van der Waals surface area contributed by atoms with Crippen LogP contribution in [-0.2, 0) is 11.3 Å². The van der Waals surface area contributed by atoms with Gasteiger partial charge in [-0.1, -0.05) is 30.3 Å². The lowest BCUT2D eigenvalue weighted by atomic mass is 10.0. The number of nitrogens with zero attached hydrogens (tertiary/aromatic N) is 1. The van der Waals surface area contributed by atoms with Crippen molar-refractivity contribution in [3.8, 4) is 0 Å². The number of alkyl carbamates (subject to hydrolysis) is 1. The quantitative estimate of drug-likeness (QED) is 0.522. The molecule has 1 unspecified atom stereocenters. The molecule has 1 aromatic heterocycles. The lowest BCUT2D eigenvalue weighted by molar-refractivity contribution is -0.135. The van der Waals surface area contributed by atoms with Crippen molar-refractivity contribution in [1.29, 1.82) is 0 Å². The SMILES string of the molecule is CC(C)(C)OC(=O)NCC(c1c[nH]c2ccc(F)cc12)N(O)Cc1ccccc1. The van der Waals surface area contributed by atoms with Gasteiger partial charge in [-0.3, -0.25) is 0 Å². The summed E-state index contributed by atoms with van der Waals surface area (Å²) in [5, 5.41) is 15.3. The number of carbonyl (C=O) groups excluding carboxylic acids is 1. The second-order valence-electron chi connectivity index (χ2n) is 7.92. The Hall–Kier alpha value is -2.90. The van der Waals surface area contributed by atoms with Crippen LogP contribution in [-0.4, -0.2) is 33.5 Å². The van der Waals surface area contributed by atoms with Crippen molar-refractivity contribution in [3.05, 3.63) is 71.7 Å². The zero-order valence-corrected chi connectivity index (χ0v) is 16.8. The molecule has 7 heteroatoms. The average Bonchev–Trinajstić information content (AvgIpc) is 3.04. The minimum absolute atomic E-state index is 0.0850. The van der Waals surface area contributed by atoms with Gasteiger partial charge in [-0.05, 0) is 50.1 Å². The van der Waals surface area contributed by atoms with Gasteiger partial charge in [0.1, 0.15) is 11.4 Å². The van der Waals surface area contributed by atoms with Crippen LogP contribution in [0.5, 0.6) is 0 Å². The van der Waals surface area contributed by atoms with Gasteiger partial charge in [-0.25, -0.2) is 9.18 Å². The molecule has 3 rings (SSSR count). The summed E-state index contributed by atoms with van der Waals surface area (Å²) < 4.78 is 19.1. The predicted molar refractivity (Wildman–Crippen MR) is 109 cm³/mol. The number of ether oxygens (including phenoxy) is 1. The van der Waals surface area contributed by atoms with E-state index in [1.54, 1.807) is 33.0 Å². The fourth-order valence-electron chi connectivity index (χ4n) is 3.14. The first kappa shape index (κ1) is 20.8. The third-order valence-electron chi connectivity index (χ3n) is 4.42. The number of hydrogen-bond acceptors (Lipinski definition) is 4. The molecular formula is C22H26FN3O3. The number of aromatic nitrogens is 1. The number of rotatable bonds is 6. The Morgan fingerprint density at radius 3 is 2.66 bits per heavy atom. The molecule has 0 saturated carbocycles. The van der Waals surface area contributed by atoms with Gasteiger partial charge in [0, 0.05) is 30.2 Å². The largest absolute Gasteiger partial charge is 0.444 e. The Morgan fingerprint density at radius 1 is 1.24 bits per heavy atom. The number of H-pyrrole nitrogens is 1. The highest BCUT2D eigenvalue weighted by atomic mass is 19.1. The Bertz CT molecular complexity index is 966. The number of amides is 1. The second kappa shape index (κ2) is 8.63. The molecule has 1 atom stereocenters. The number of benzene rings is 2. The third-order valence-corrected chi connectivity index (χ3v) is 4.42. The molecule has 0 spiro atoms. The van der Waals surface area contributed by atoms with E-state index in [9.17, 15) is 14.4 Å². The summed E-state index contributed by atoms with van der Waals surface area (Å²) in [4.78, 5) is 15.2. The summed E-state index contributed by atoms with van der Waals surface area (Å²) in [6.45, 7) is 5.66. The van der Waals surface area contributed by atoms with Crippen LogP contribution in [0.1, 0.15) is 37.9 Å². The number of hydroxylamine groups is 2. The van der Waals surface area contributed by atoms with Crippen molar-refractivity contribution in [3.63, 3.8) is 0 Å². The summed E-state index contributed by atoms with van der Waals surface area (Å²) in [6, 6.07) is 13.3. The van der Waals surface area contributed by atoms with Crippen molar-refractivity contribution < 1.29 is 19.1 Å². The minimum atomic E-state index is -0.633. The molecule has 1 amide bonds. The van der Waals surface area contributed by atoms with Crippen LogP contribution in [0.2, 0.25) is 0 Å². The van der Waals surface area contributed by atoms with E-state index in [1.807, 2.05) is 30.3 Å². The summed E-state index contributed by atoms with van der Waals surface area (Å²) in [7, 11) is 0. The number of nitrogens with one attached hydrogen (secondary N) is 2. The van der Waals surface area contributed by atoms with Gasteiger partial charge in [0.2, 0.25) is 0 Å². The van der Waals surface area contributed by atoms with Gasteiger partial charge in [0.25, 0.3) is 0 Å². The lowest BCUT2D eigenvalue weighted by Crippen LogP contribution is -2.39. The van der Waals surface area contributed by atoms with Gasteiger partial charge in [0.05, 0.1) is 6.04 Å². The number of hydrogen-bond donors (Lipinski definition) is 3. The number of carbonyl (C=O) groups is 1. The van der Waals surface area contributed by atoms with E-state index in [2.05, 4.69) is 10.3 Å². The van der Waals surface area contributed by atoms with Crippen LogP contribution in [0.25, 0.3) is 10.9 Å². The third kappa shape index (κ3) is 5.56. The fourth-order valence-corrected chi connectivity index (χ4v) is 3.14. The molecule has 0 aliphatic carbocycles. The number of aromatic amines is 1. The van der Waals surface area contributed by atoms with Crippen LogP contribution in [0.3, 0.4) is 0 Å². The van der Waals surface area contributed by atoms with Crippen molar-refractivity contribution in [2.24, 2.45) is 0 Å². The fraction of sp³-hybridized carbons (Fsp3) is 0.318. The lowest BCUT2D eigenvalue weighted by Gasteiger charge is -2.27. The highest BCUT2D eigenvalue weighted by molar-refractivity contribution is 5.83. The maximum absolute atomic E-state index is 13.8. The van der Waals surface area contributed by atoms with Gasteiger partial charge in [0.15, 0.2) is 0 Å². The van der Waals surface area contributed by atoms with Gasteiger partial charge in [-0.15, -0.1) is 0 Å². The maximum atomic E-state index is 13.8. The monoisotopic (exact) mass is 399 g/mol. The topological polar surface area (TPSA) is 77.6 Å². The molecule has 154 valence electrons. The minimum Gasteiger partial charge on any atom is -0.444 e. The van der Waals surface area contributed by atoms with E-state index < -0.39 is 17.7 Å². The summed E-state index contributed by atoms with van der Waals surface area (Å²) >= 11 is 0. The van der Waals surface area contributed by atoms with Crippen LogP contribution in [0.4, 0.5) is 9.18 Å². The van der Waals surface area contributed by atoms with Crippen LogP contribution in [0.15, 0.2) is 54.7 Å². The Morgan fingerprint density at radius 2 is 1.97 bits per heavy atom. The second-order valence-corrected chi connectivity index (χ2v) is 7.92. The van der Waals surface area contributed by atoms with Crippen LogP contribution < -0.4 is 5.32 Å². The molecule has 3 N–H and O–H groups in total. The smallest absolute Gasteiger partial charge is 0.407 e. The highest BCUT2D eigenvalue weighted by Gasteiger charge is 2.25. The first-order chi connectivity index (χ1) is 13.7. The van der Waals surface area contributed by atoms with Crippen molar-refractivity contribution in [2.45, 2.75) is 39.0 Å². The van der Waals surface area contributed by atoms with Gasteiger partial charge in [-0.2, -0.15) is 5.06 Å². The molecule has 6 nitrogen and oxygen atoms in total. The molecule has 0 aliphatic rings. The molecule has 0 radical (unpaired) electrons. The zero-order valence-electron chi connectivity index (χ0n) is 16.8. The van der Waals surface area contributed by atoms with E-state index in [1.165, 1.54) is 12.1 Å². The average molecular weight is 399 g/mol. The number of fused-ring (bicyclic) bond motifs is 1. The van der Waals surface area contributed by atoms with E-state index >= 15 is 0 Å². The normalized spacial score (nSPS) is 12.9. The van der Waals surface area contributed by atoms with Gasteiger partial charge < -0.3 is 20.2 Å². The van der Waals surface area contributed by atoms with Crippen molar-refractivity contribution in [1.82, 2.24) is 15.4 Å². The maximum Gasteiger partial charge on any atom is 0.407 e. The first-order valence-electron chi connectivity index (χ1n) is 9.46. The van der Waals surface area contributed by atoms with E-state index in [-0.39, 0.29) is 18.9 Å². The van der Waals surface area contributed by atoms with E-state index in [0.717, 1.165) is 16.1 Å². The molecular weight excluding hydrogens is 373 g/mol. The molecule has 0 aliphatic heterocycles. The standard InChI is InChI=1S/C22H26FN3O3/c1-22(2,3)29-21(27)25-13-20(26(28)14-15-7-5-4-6-8-15)18-12-24-19-10-9-16(23)11-17(18)19/h4-12,20,24,28H,13-14H2,1-3H3,(H,25,27). The van der Waals surface area contributed by atoms with Gasteiger partial charge >= 0.3 is 6.09 Å². The zero-order chi connectivity index (χ0) is 21.0. The Labute approximate surface area is 169 Å². The molecule has 0 saturated heterocycles. The van der Waals surface area contributed by atoms with E-state index in [4.69, 9.17) is 4.74 Å². The summed E-state index contributed by atoms with van der Waals surface area (Å²) in [6.07, 6.45) is 1.14. The predicted octanol–water partition coefficient (Wildman–Crippen LogP) is 4.76. The van der Waals surface area contributed by atoms with Crippen LogP contribution >= 0.6 is 0 Å². The number of halogens is 1. The molecule has 29 heavy (non-hydrogen) atoms.